The normalized spacial score (nSPS) is 15.0. The second-order valence-electron chi connectivity index (χ2n) is 9.91. The molecule has 186 valence electrons. The van der Waals surface area contributed by atoms with Crippen molar-refractivity contribution in [2.24, 2.45) is 10.5 Å². The second kappa shape index (κ2) is 10.1. The first-order valence-corrected chi connectivity index (χ1v) is 12.2. The maximum Gasteiger partial charge on any atom is 0.293 e. The fourth-order valence-corrected chi connectivity index (χ4v) is 4.52. The minimum absolute atomic E-state index is 0.133. The van der Waals surface area contributed by atoms with Crippen LogP contribution in [-0.4, -0.2) is 16.3 Å². The molecule has 4 aromatic rings. The first kappa shape index (κ1) is 24.1. The molecule has 7 heteroatoms. The van der Waals surface area contributed by atoms with E-state index < -0.39 is 0 Å². The van der Waals surface area contributed by atoms with Gasteiger partial charge in [0.05, 0.1) is 22.8 Å². The molecular formula is C30H29N5O2. The molecule has 0 atom stereocenters. The molecule has 0 fully saturated rings. The first-order chi connectivity index (χ1) is 17.9. The number of nitrogens with zero attached hydrogens (tertiary/aromatic N) is 2. The molecule has 37 heavy (non-hydrogen) atoms. The van der Waals surface area contributed by atoms with E-state index in [9.17, 15) is 9.59 Å². The van der Waals surface area contributed by atoms with Crippen molar-refractivity contribution in [2.75, 3.05) is 16.2 Å². The second-order valence-corrected chi connectivity index (χ2v) is 9.91. The Morgan fingerprint density at radius 3 is 2.08 bits per heavy atom. The summed E-state index contributed by atoms with van der Waals surface area (Å²) in [6.07, 6.45) is 1.37. The fourth-order valence-electron chi connectivity index (χ4n) is 4.52. The molecule has 1 aliphatic rings. The monoisotopic (exact) mass is 491 g/mol. The summed E-state index contributed by atoms with van der Waals surface area (Å²) >= 11 is 0. The Bertz CT molecular complexity index is 1490. The van der Waals surface area contributed by atoms with Crippen LogP contribution in [0.3, 0.4) is 0 Å². The summed E-state index contributed by atoms with van der Waals surface area (Å²) in [5.74, 6) is -0.346. The van der Waals surface area contributed by atoms with Gasteiger partial charge in [-0.2, -0.15) is 5.10 Å². The highest BCUT2D eigenvalue weighted by atomic mass is 16.2. The number of hydrazone groups is 1. The standard InChI is InChI=1S/C30H29N5O2/c1-30(2)19-26(33-32-22-14-8-4-9-15-22)24-18-25(31-28(36)21-12-6-3-7-13-21)29(37)35(27(24)20-30)34-23-16-10-5-11-17-23/h3-18,32,34H,19-20H2,1-2H3,(H,31,36)/b33-26+. The third-order valence-electron chi connectivity index (χ3n) is 6.30. The highest BCUT2D eigenvalue weighted by Crippen LogP contribution is 2.35. The average molecular weight is 492 g/mol. The number of fused-ring (bicyclic) bond motifs is 1. The number of hydrogen-bond acceptors (Lipinski definition) is 5. The van der Waals surface area contributed by atoms with Crippen molar-refractivity contribution < 1.29 is 4.79 Å². The minimum atomic E-state index is -0.346. The van der Waals surface area contributed by atoms with Crippen LogP contribution in [0.25, 0.3) is 0 Å². The average Bonchev–Trinajstić information content (AvgIpc) is 2.91. The van der Waals surface area contributed by atoms with Gasteiger partial charge >= 0.3 is 0 Å². The Hall–Kier alpha value is -4.65. The van der Waals surface area contributed by atoms with E-state index in [0.717, 1.165) is 28.3 Å². The van der Waals surface area contributed by atoms with Crippen molar-refractivity contribution in [2.45, 2.75) is 26.7 Å². The third-order valence-corrected chi connectivity index (χ3v) is 6.30. The van der Waals surface area contributed by atoms with Crippen molar-refractivity contribution >= 4 is 28.7 Å². The van der Waals surface area contributed by atoms with Crippen LogP contribution in [-0.2, 0) is 6.42 Å². The van der Waals surface area contributed by atoms with Crippen molar-refractivity contribution in [1.29, 1.82) is 0 Å². The summed E-state index contributed by atoms with van der Waals surface area (Å²) in [7, 11) is 0. The number of anilines is 3. The van der Waals surface area contributed by atoms with Gasteiger partial charge in [-0.15, -0.1) is 0 Å². The van der Waals surface area contributed by atoms with Crippen LogP contribution in [0.15, 0.2) is 107 Å². The van der Waals surface area contributed by atoms with Gasteiger partial charge in [0.25, 0.3) is 11.5 Å². The number of aromatic nitrogens is 1. The van der Waals surface area contributed by atoms with Gasteiger partial charge in [-0.3, -0.25) is 20.4 Å². The number of para-hydroxylation sites is 2. The van der Waals surface area contributed by atoms with E-state index in [2.05, 4.69) is 30.0 Å². The van der Waals surface area contributed by atoms with E-state index in [1.54, 1.807) is 35.0 Å². The molecule has 0 saturated heterocycles. The number of amides is 1. The zero-order valence-corrected chi connectivity index (χ0v) is 20.9. The van der Waals surface area contributed by atoms with E-state index >= 15 is 0 Å². The van der Waals surface area contributed by atoms with Gasteiger partial charge in [0.15, 0.2) is 0 Å². The SMILES string of the molecule is CC1(C)C/C(=N\Nc2ccccc2)c2cc(NC(=O)c3ccccc3)c(=O)n(Nc3ccccc3)c2C1. The molecule has 0 spiro atoms. The fraction of sp³-hybridized carbons (Fsp3) is 0.167. The molecule has 1 heterocycles. The van der Waals surface area contributed by atoms with Gasteiger partial charge in [0, 0.05) is 11.1 Å². The summed E-state index contributed by atoms with van der Waals surface area (Å²) in [4.78, 5) is 26.7. The molecule has 1 amide bonds. The number of rotatable bonds is 6. The predicted octanol–water partition coefficient (Wildman–Crippen LogP) is 5.76. The number of carbonyl (C=O) groups excluding carboxylic acids is 1. The van der Waals surface area contributed by atoms with Crippen LogP contribution in [0, 0.1) is 5.41 Å². The first-order valence-electron chi connectivity index (χ1n) is 12.2. The highest BCUT2D eigenvalue weighted by molar-refractivity contribution is 6.07. The van der Waals surface area contributed by atoms with Gasteiger partial charge in [-0.05, 0) is 60.7 Å². The molecule has 0 bridgehead atoms. The number of hydrogen-bond donors (Lipinski definition) is 3. The lowest BCUT2D eigenvalue weighted by atomic mass is 9.75. The lowest BCUT2D eigenvalue weighted by Crippen LogP contribution is -2.39. The third kappa shape index (κ3) is 5.46. The molecule has 5 rings (SSSR count). The van der Waals surface area contributed by atoms with E-state index in [1.165, 1.54) is 0 Å². The Balaban J connectivity index is 1.63. The topological polar surface area (TPSA) is 87.5 Å². The van der Waals surface area contributed by atoms with Crippen molar-refractivity contribution in [3.63, 3.8) is 0 Å². The molecule has 3 aromatic carbocycles. The summed E-state index contributed by atoms with van der Waals surface area (Å²) in [5, 5.41) is 7.59. The number of pyridine rings is 1. The van der Waals surface area contributed by atoms with Gasteiger partial charge < -0.3 is 5.32 Å². The smallest absolute Gasteiger partial charge is 0.293 e. The summed E-state index contributed by atoms with van der Waals surface area (Å²) in [6, 6.07) is 29.9. The minimum Gasteiger partial charge on any atom is -0.317 e. The van der Waals surface area contributed by atoms with E-state index in [0.29, 0.717) is 18.4 Å². The van der Waals surface area contributed by atoms with Crippen LogP contribution >= 0.6 is 0 Å². The molecule has 3 N–H and O–H groups in total. The molecule has 1 aromatic heterocycles. The molecule has 0 unspecified atom stereocenters. The summed E-state index contributed by atoms with van der Waals surface area (Å²) in [6.45, 7) is 4.33. The quantitative estimate of drug-likeness (QED) is 0.299. The van der Waals surface area contributed by atoms with Crippen molar-refractivity contribution in [3.8, 4) is 0 Å². The molecule has 0 aliphatic heterocycles. The van der Waals surface area contributed by atoms with Gasteiger partial charge in [-0.25, -0.2) is 4.68 Å². The largest absolute Gasteiger partial charge is 0.317 e. The Kier molecular flexibility index (Phi) is 6.60. The molecular weight excluding hydrogens is 462 g/mol. The Morgan fingerprint density at radius 2 is 1.43 bits per heavy atom. The van der Waals surface area contributed by atoms with Crippen LogP contribution in [0.4, 0.5) is 17.1 Å². The van der Waals surface area contributed by atoms with Crippen molar-refractivity contribution in [1.82, 2.24) is 4.68 Å². The van der Waals surface area contributed by atoms with E-state index in [4.69, 9.17) is 5.10 Å². The maximum atomic E-state index is 13.7. The van der Waals surface area contributed by atoms with E-state index in [-0.39, 0.29) is 22.6 Å². The van der Waals surface area contributed by atoms with Crippen LogP contribution in [0.1, 0.15) is 41.9 Å². The van der Waals surface area contributed by atoms with E-state index in [1.807, 2.05) is 66.7 Å². The van der Waals surface area contributed by atoms with Gasteiger partial charge in [0.1, 0.15) is 5.69 Å². The summed E-state index contributed by atoms with van der Waals surface area (Å²) < 4.78 is 1.55. The number of carbonyl (C=O) groups is 1. The zero-order valence-electron chi connectivity index (χ0n) is 20.9. The number of benzene rings is 3. The highest BCUT2D eigenvalue weighted by Gasteiger charge is 2.33. The predicted molar refractivity (Wildman–Crippen MR) is 149 cm³/mol. The van der Waals surface area contributed by atoms with Crippen LogP contribution in [0.2, 0.25) is 0 Å². The zero-order chi connectivity index (χ0) is 25.8. The maximum absolute atomic E-state index is 13.7. The number of nitrogens with one attached hydrogen (secondary N) is 3. The molecule has 0 saturated carbocycles. The summed E-state index contributed by atoms with van der Waals surface area (Å²) in [5.41, 5.74) is 10.7. The van der Waals surface area contributed by atoms with Crippen LogP contribution < -0.4 is 21.7 Å². The Morgan fingerprint density at radius 1 is 0.838 bits per heavy atom. The van der Waals surface area contributed by atoms with Crippen LogP contribution in [0.5, 0.6) is 0 Å². The lowest BCUT2D eigenvalue weighted by molar-refractivity contribution is 0.102. The Labute approximate surface area is 215 Å². The molecule has 1 aliphatic carbocycles. The molecule has 0 radical (unpaired) electrons. The molecule has 7 nitrogen and oxygen atoms in total. The lowest BCUT2D eigenvalue weighted by Gasteiger charge is -2.34. The van der Waals surface area contributed by atoms with Gasteiger partial charge in [0.2, 0.25) is 0 Å². The van der Waals surface area contributed by atoms with Crippen molar-refractivity contribution in [3.05, 3.63) is 124 Å². The van der Waals surface area contributed by atoms with Gasteiger partial charge in [-0.1, -0.05) is 68.4 Å².